The summed E-state index contributed by atoms with van der Waals surface area (Å²) in [7, 11) is 0. The molecule has 25 heavy (non-hydrogen) atoms. The first-order valence-electron chi connectivity index (χ1n) is 7.70. The van der Waals surface area contributed by atoms with E-state index in [9.17, 15) is 5.26 Å². The molecule has 122 valence electrons. The number of halogens is 1. The Bertz CT molecular complexity index is 1050. The van der Waals surface area contributed by atoms with Gasteiger partial charge in [0, 0.05) is 11.7 Å². The van der Waals surface area contributed by atoms with E-state index in [1.54, 1.807) is 18.2 Å². The van der Waals surface area contributed by atoms with E-state index in [-0.39, 0.29) is 0 Å². The molecule has 0 spiro atoms. The van der Waals surface area contributed by atoms with E-state index in [0.29, 0.717) is 45.2 Å². The lowest BCUT2D eigenvalue weighted by Crippen LogP contribution is -2.11. The summed E-state index contributed by atoms with van der Waals surface area (Å²) in [6.45, 7) is 0. The van der Waals surface area contributed by atoms with E-state index in [1.165, 1.54) is 10.7 Å². The SMILES string of the molecule is N#Cc1cccc(Nc2c(C#N)c(NC3CC3)nc3c(Cl)cnn23)c1. The van der Waals surface area contributed by atoms with Crippen LogP contribution in [0.15, 0.2) is 30.5 Å². The Balaban J connectivity index is 1.87. The molecule has 0 atom stereocenters. The standard InChI is InChI=1S/C17H12ClN7/c18-14-9-21-25-16(23-12-3-1-2-10(6-12)7-19)13(8-20)15(24-17(14)25)22-11-4-5-11/h1-3,6,9,11,23H,4-5H2,(H,22,24). The van der Waals surface area contributed by atoms with Crippen molar-refractivity contribution >= 4 is 34.6 Å². The molecule has 1 aromatic carbocycles. The normalized spacial score (nSPS) is 13.2. The first-order valence-corrected chi connectivity index (χ1v) is 8.08. The Morgan fingerprint density at radius 3 is 2.80 bits per heavy atom. The molecule has 2 N–H and O–H groups in total. The second-order valence-electron chi connectivity index (χ2n) is 5.76. The molecule has 0 aliphatic heterocycles. The molecule has 1 aliphatic carbocycles. The summed E-state index contributed by atoms with van der Waals surface area (Å²) in [5, 5.41) is 29.8. The molecule has 0 radical (unpaired) electrons. The van der Waals surface area contributed by atoms with Gasteiger partial charge in [-0.15, -0.1) is 0 Å². The maximum Gasteiger partial charge on any atom is 0.178 e. The maximum absolute atomic E-state index is 9.68. The summed E-state index contributed by atoms with van der Waals surface area (Å²) in [6, 6.07) is 11.6. The lowest BCUT2D eigenvalue weighted by Gasteiger charge is -2.14. The summed E-state index contributed by atoms with van der Waals surface area (Å²) in [5.74, 6) is 0.941. The van der Waals surface area contributed by atoms with Crippen molar-refractivity contribution in [2.75, 3.05) is 10.6 Å². The fraction of sp³-hybridized carbons (Fsp3) is 0.176. The zero-order valence-electron chi connectivity index (χ0n) is 13.0. The average Bonchev–Trinajstić information content (AvgIpc) is 3.37. The minimum Gasteiger partial charge on any atom is -0.366 e. The van der Waals surface area contributed by atoms with E-state index in [0.717, 1.165) is 12.8 Å². The van der Waals surface area contributed by atoms with Gasteiger partial charge < -0.3 is 10.6 Å². The van der Waals surface area contributed by atoms with E-state index in [4.69, 9.17) is 16.9 Å². The van der Waals surface area contributed by atoms with Gasteiger partial charge in [-0.2, -0.15) is 20.1 Å². The van der Waals surface area contributed by atoms with E-state index in [1.807, 2.05) is 6.07 Å². The van der Waals surface area contributed by atoms with E-state index in [2.05, 4.69) is 32.9 Å². The molecule has 0 amide bonds. The first-order chi connectivity index (χ1) is 12.2. The number of fused-ring (bicyclic) bond motifs is 1. The Morgan fingerprint density at radius 1 is 1.24 bits per heavy atom. The molecule has 1 fully saturated rings. The van der Waals surface area contributed by atoms with Crippen molar-refractivity contribution < 1.29 is 0 Å². The zero-order chi connectivity index (χ0) is 17.4. The maximum atomic E-state index is 9.68. The predicted molar refractivity (Wildman–Crippen MR) is 93.8 cm³/mol. The van der Waals surface area contributed by atoms with E-state index >= 15 is 0 Å². The van der Waals surface area contributed by atoms with Crippen molar-refractivity contribution in [3.63, 3.8) is 0 Å². The summed E-state index contributed by atoms with van der Waals surface area (Å²) < 4.78 is 1.50. The Labute approximate surface area is 148 Å². The predicted octanol–water partition coefficient (Wildman–Crippen LogP) is 3.44. The number of rotatable bonds is 4. The fourth-order valence-electron chi connectivity index (χ4n) is 2.52. The van der Waals surface area contributed by atoms with Crippen molar-refractivity contribution in [2.24, 2.45) is 0 Å². The van der Waals surface area contributed by atoms with Gasteiger partial charge in [0.2, 0.25) is 0 Å². The second kappa shape index (κ2) is 5.97. The second-order valence-corrected chi connectivity index (χ2v) is 6.17. The lowest BCUT2D eigenvalue weighted by atomic mass is 10.2. The highest BCUT2D eigenvalue weighted by Crippen LogP contribution is 2.32. The third-order valence-corrected chi connectivity index (χ3v) is 4.15. The van der Waals surface area contributed by atoms with Crippen molar-refractivity contribution in [3.8, 4) is 12.1 Å². The number of anilines is 3. The van der Waals surface area contributed by atoms with Crippen molar-refractivity contribution in [1.82, 2.24) is 14.6 Å². The van der Waals surface area contributed by atoms with Gasteiger partial charge in [0.15, 0.2) is 17.3 Å². The highest BCUT2D eigenvalue weighted by Gasteiger charge is 2.25. The van der Waals surface area contributed by atoms with Crippen LogP contribution in [0.5, 0.6) is 0 Å². The van der Waals surface area contributed by atoms with Crippen molar-refractivity contribution in [1.29, 1.82) is 10.5 Å². The fourth-order valence-corrected chi connectivity index (χ4v) is 2.68. The molecule has 4 rings (SSSR count). The number of nitrogens with zero attached hydrogens (tertiary/aromatic N) is 5. The smallest absolute Gasteiger partial charge is 0.178 e. The zero-order valence-corrected chi connectivity index (χ0v) is 13.7. The summed E-state index contributed by atoms with van der Waals surface area (Å²) in [4.78, 5) is 4.46. The van der Waals surface area contributed by atoms with Gasteiger partial charge in [0.25, 0.3) is 0 Å². The minimum absolute atomic E-state index is 0.332. The van der Waals surface area contributed by atoms with Crippen LogP contribution in [0.25, 0.3) is 5.65 Å². The highest BCUT2D eigenvalue weighted by molar-refractivity contribution is 6.33. The van der Waals surface area contributed by atoms with Crippen LogP contribution in [-0.4, -0.2) is 20.6 Å². The number of hydrogen-bond acceptors (Lipinski definition) is 6. The largest absolute Gasteiger partial charge is 0.366 e. The van der Waals surface area contributed by atoms with Crippen LogP contribution in [-0.2, 0) is 0 Å². The Morgan fingerprint density at radius 2 is 2.08 bits per heavy atom. The van der Waals surface area contributed by atoms with Gasteiger partial charge in [-0.05, 0) is 31.0 Å². The van der Waals surface area contributed by atoms with Crippen LogP contribution in [0.3, 0.4) is 0 Å². The quantitative estimate of drug-likeness (QED) is 0.748. The number of nitrogens with one attached hydrogen (secondary N) is 2. The van der Waals surface area contributed by atoms with Gasteiger partial charge in [0.1, 0.15) is 16.7 Å². The summed E-state index contributed by atoms with van der Waals surface area (Å²) >= 11 is 6.19. The molecule has 3 aromatic rings. The number of nitriles is 2. The minimum atomic E-state index is 0.332. The highest BCUT2D eigenvalue weighted by atomic mass is 35.5. The topological polar surface area (TPSA) is 102 Å². The van der Waals surface area contributed by atoms with Gasteiger partial charge in [-0.3, -0.25) is 0 Å². The van der Waals surface area contributed by atoms with Crippen LogP contribution in [0.1, 0.15) is 24.0 Å². The molecule has 1 aliphatic rings. The Kier molecular flexibility index (Phi) is 3.64. The monoisotopic (exact) mass is 349 g/mol. The molecular formula is C17H12ClN7. The van der Waals surface area contributed by atoms with Crippen LogP contribution in [0, 0.1) is 22.7 Å². The van der Waals surface area contributed by atoms with E-state index < -0.39 is 0 Å². The third-order valence-electron chi connectivity index (χ3n) is 3.89. The molecular weight excluding hydrogens is 338 g/mol. The molecule has 1 saturated carbocycles. The molecule has 2 heterocycles. The molecule has 2 aromatic heterocycles. The van der Waals surface area contributed by atoms with Crippen LogP contribution >= 0.6 is 11.6 Å². The summed E-state index contributed by atoms with van der Waals surface area (Å²) in [6.07, 6.45) is 3.60. The van der Waals surface area contributed by atoms with Gasteiger partial charge in [-0.1, -0.05) is 17.7 Å². The summed E-state index contributed by atoms with van der Waals surface area (Å²) in [5.41, 5.74) is 2.00. The van der Waals surface area contributed by atoms with Gasteiger partial charge >= 0.3 is 0 Å². The first kappa shape index (κ1) is 15.3. The number of hydrogen-bond donors (Lipinski definition) is 2. The molecule has 0 saturated heterocycles. The van der Waals surface area contributed by atoms with Crippen LogP contribution in [0.4, 0.5) is 17.3 Å². The van der Waals surface area contributed by atoms with Crippen molar-refractivity contribution in [2.45, 2.75) is 18.9 Å². The molecule has 0 bridgehead atoms. The number of aromatic nitrogens is 3. The molecule has 0 unspecified atom stereocenters. The van der Waals surface area contributed by atoms with Crippen molar-refractivity contribution in [3.05, 3.63) is 46.6 Å². The van der Waals surface area contributed by atoms with Crippen LogP contribution < -0.4 is 10.6 Å². The molecule has 7 nitrogen and oxygen atoms in total. The lowest BCUT2D eigenvalue weighted by molar-refractivity contribution is 0.939. The van der Waals surface area contributed by atoms with Crippen LogP contribution in [0.2, 0.25) is 5.02 Å². The number of benzene rings is 1. The average molecular weight is 350 g/mol. The van der Waals surface area contributed by atoms with Gasteiger partial charge in [-0.25, -0.2) is 4.98 Å². The molecule has 8 heteroatoms. The van der Waals surface area contributed by atoms with Gasteiger partial charge in [0.05, 0.1) is 17.8 Å². The Hall–Kier alpha value is -3.29. The third kappa shape index (κ3) is 2.82.